The van der Waals surface area contributed by atoms with Crippen LogP contribution in [-0.4, -0.2) is 24.4 Å². The number of nitrogen functional groups attached to an aromatic ring is 1. The summed E-state index contributed by atoms with van der Waals surface area (Å²) >= 11 is 0. The Morgan fingerprint density at radius 1 is 1.35 bits per heavy atom. The second-order valence-corrected chi connectivity index (χ2v) is 5.73. The van der Waals surface area contributed by atoms with E-state index in [0.717, 1.165) is 17.8 Å². The minimum atomic E-state index is 0.0676. The van der Waals surface area contributed by atoms with Gasteiger partial charge in [-0.05, 0) is 42.5 Å². The molecule has 3 nitrogen and oxygen atoms in total. The van der Waals surface area contributed by atoms with Gasteiger partial charge in [0.1, 0.15) is 0 Å². The highest BCUT2D eigenvalue weighted by Crippen LogP contribution is 2.24. The molecule has 0 unspecified atom stereocenters. The van der Waals surface area contributed by atoms with Crippen molar-refractivity contribution in [3.63, 3.8) is 0 Å². The van der Waals surface area contributed by atoms with E-state index in [4.69, 9.17) is 5.73 Å². The van der Waals surface area contributed by atoms with Crippen molar-refractivity contribution in [3.05, 3.63) is 35.9 Å². The van der Waals surface area contributed by atoms with Crippen LogP contribution in [0.2, 0.25) is 0 Å². The van der Waals surface area contributed by atoms with E-state index in [1.54, 1.807) is 6.08 Å². The van der Waals surface area contributed by atoms with Gasteiger partial charge < -0.3 is 10.6 Å². The van der Waals surface area contributed by atoms with Crippen LogP contribution in [0.5, 0.6) is 0 Å². The van der Waals surface area contributed by atoms with Gasteiger partial charge in [0.25, 0.3) is 0 Å². The fourth-order valence-electron chi connectivity index (χ4n) is 2.80. The highest BCUT2D eigenvalue weighted by molar-refractivity contribution is 5.91. The maximum absolute atomic E-state index is 12.1. The number of nitrogens with zero attached hydrogens (tertiary/aromatic N) is 1. The van der Waals surface area contributed by atoms with Gasteiger partial charge >= 0.3 is 0 Å². The van der Waals surface area contributed by atoms with Crippen LogP contribution >= 0.6 is 0 Å². The lowest BCUT2D eigenvalue weighted by atomic mass is 9.89. The van der Waals surface area contributed by atoms with E-state index < -0.39 is 0 Å². The Morgan fingerprint density at radius 2 is 2.10 bits per heavy atom. The lowest BCUT2D eigenvalue weighted by molar-refractivity contribution is -0.125. The van der Waals surface area contributed by atoms with E-state index in [9.17, 15) is 4.79 Å². The van der Waals surface area contributed by atoms with Crippen LogP contribution in [0.25, 0.3) is 6.08 Å². The van der Waals surface area contributed by atoms with Crippen molar-refractivity contribution < 1.29 is 4.79 Å². The number of anilines is 1. The second-order valence-electron chi connectivity index (χ2n) is 5.73. The van der Waals surface area contributed by atoms with Crippen LogP contribution < -0.4 is 5.73 Å². The molecule has 1 saturated carbocycles. The van der Waals surface area contributed by atoms with Gasteiger partial charge in [0.05, 0.1) is 0 Å². The summed E-state index contributed by atoms with van der Waals surface area (Å²) in [5.74, 6) is 0.747. The van der Waals surface area contributed by atoms with Gasteiger partial charge in [0.15, 0.2) is 0 Å². The SMILES string of the molecule is CN(CC1CCCCC1)C(=O)/C=C/c1cccc(N)c1. The normalized spacial score (nSPS) is 16.4. The Labute approximate surface area is 121 Å². The van der Waals surface area contributed by atoms with Crippen molar-refractivity contribution in [1.29, 1.82) is 0 Å². The fourth-order valence-corrected chi connectivity index (χ4v) is 2.80. The summed E-state index contributed by atoms with van der Waals surface area (Å²) in [5, 5.41) is 0. The fraction of sp³-hybridized carbons (Fsp3) is 0.471. The highest BCUT2D eigenvalue weighted by atomic mass is 16.2. The Balaban J connectivity index is 1.86. The molecule has 1 aromatic carbocycles. The molecular weight excluding hydrogens is 248 g/mol. The molecule has 0 radical (unpaired) electrons. The summed E-state index contributed by atoms with van der Waals surface area (Å²) in [7, 11) is 1.89. The second kappa shape index (κ2) is 7.13. The van der Waals surface area contributed by atoms with Gasteiger partial charge in [-0.2, -0.15) is 0 Å². The minimum absolute atomic E-state index is 0.0676. The monoisotopic (exact) mass is 272 g/mol. The minimum Gasteiger partial charge on any atom is -0.399 e. The number of hydrogen-bond acceptors (Lipinski definition) is 2. The van der Waals surface area contributed by atoms with Crippen LogP contribution in [0.4, 0.5) is 5.69 Å². The van der Waals surface area contributed by atoms with Crippen LogP contribution in [-0.2, 0) is 4.79 Å². The predicted molar refractivity (Wildman–Crippen MR) is 84.1 cm³/mol. The van der Waals surface area contributed by atoms with Gasteiger partial charge in [-0.3, -0.25) is 4.79 Å². The van der Waals surface area contributed by atoms with Crippen LogP contribution in [0.15, 0.2) is 30.3 Å². The van der Waals surface area contributed by atoms with Crippen molar-refractivity contribution in [2.75, 3.05) is 19.3 Å². The topological polar surface area (TPSA) is 46.3 Å². The molecule has 0 bridgehead atoms. The Hall–Kier alpha value is -1.77. The number of benzene rings is 1. The molecule has 108 valence electrons. The number of amides is 1. The summed E-state index contributed by atoms with van der Waals surface area (Å²) in [6.07, 6.45) is 9.96. The van der Waals surface area contributed by atoms with E-state index in [1.165, 1.54) is 32.1 Å². The molecule has 0 aromatic heterocycles. The maximum atomic E-state index is 12.1. The number of carbonyl (C=O) groups is 1. The van der Waals surface area contributed by atoms with E-state index in [2.05, 4.69) is 0 Å². The number of rotatable bonds is 4. The van der Waals surface area contributed by atoms with E-state index in [0.29, 0.717) is 5.92 Å². The van der Waals surface area contributed by atoms with Crippen molar-refractivity contribution in [2.24, 2.45) is 5.92 Å². The first-order valence-corrected chi connectivity index (χ1v) is 7.44. The lowest BCUT2D eigenvalue weighted by Crippen LogP contribution is -2.31. The number of likely N-dealkylation sites (N-methyl/N-ethyl adjacent to an activating group) is 1. The Kier molecular flexibility index (Phi) is 5.22. The van der Waals surface area contributed by atoms with Crippen LogP contribution in [0.1, 0.15) is 37.7 Å². The molecule has 2 rings (SSSR count). The zero-order chi connectivity index (χ0) is 14.4. The molecule has 1 fully saturated rings. The van der Waals surface area contributed by atoms with Crippen LogP contribution in [0, 0.1) is 5.92 Å². The summed E-state index contributed by atoms with van der Waals surface area (Å²) in [5.41, 5.74) is 7.40. The van der Waals surface area contributed by atoms with E-state index >= 15 is 0 Å². The van der Waals surface area contributed by atoms with Crippen molar-refractivity contribution >= 4 is 17.7 Å². The zero-order valence-corrected chi connectivity index (χ0v) is 12.2. The van der Waals surface area contributed by atoms with Gasteiger partial charge in [-0.25, -0.2) is 0 Å². The van der Waals surface area contributed by atoms with Crippen molar-refractivity contribution in [3.8, 4) is 0 Å². The Bertz CT molecular complexity index is 476. The summed E-state index contributed by atoms with van der Waals surface area (Å²) in [4.78, 5) is 13.9. The average Bonchev–Trinajstić information content (AvgIpc) is 2.46. The van der Waals surface area contributed by atoms with E-state index in [-0.39, 0.29) is 5.91 Å². The Morgan fingerprint density at radius 3 is 2.80 bits per heavy atom. The third-order valence-corrected chi connectivity index (χ3v) is 3.96. The third kappa shape index (κ3) is 4.41. The molecule has 1 aromatic rings. The first-order valence-electron chi connectivity index (χ1n) is 7.44. The molecule has 0 heterocycles. The van der Waals surface area contributed by atoms with Gasteiger partial charge in [0, 0.05) is 25.4 Å². The molecule has 0 atom stereocenters. The molecule has 0 spiro atoms. The molecule has 0 saturated heterocycles. The largest absolute Gasteiger partial charge is 0.399 e. The summed E-state index contributed by atoms with van der Waals surface area (Å²) in [6, 6.07) is 7.55. The molecule has 1 amide bonds. The molecule has 1 aliphatic rings. The summed E-state index contributed by atoms with van der Waals surface area (Å²) < 4.78 is 0. The quantitative estimate of drug-likeness (QED) is 0.675. The van der Waals surface area contributed by atoms with Gasteiger partial charge in [-0.15, -0.1) is 0 Å². The van der Waals surface area contributed by atoms with Crippen molar-refractivity contribution in [2.45, 2.75) is 32.1 Å². The lowest BCUT2D eigenvalue weighted by Gasteiger charge is -2.26. The smallest absolute Gasteiger partial charge is 0.246 e. The van der Waals surface area contributed by atoms with Crippen LogP contribution in [0.3, 0.4) is 0 Å². The highest BCUT2D eigenvalue weighted by Gasteiger charge is 2.16. The predicted octanol–water partition coefficient (Wildman–Crippen LogP) is 3.32. The third-order valence-electron chi connectivity index (χ3n) is 3.96. The summed E-state index contributed by atoms with van der Waals surface area (Å²) in [6.45, 7) is 0.875. The molecule has 0 aliphatic heterocycles. The maximum Gasteiger partial charge on any atom is 0.246 e. The molecule has 3 heteroatoms. The molecule has 20 heavy (non-hydrogen) atoms. The molecule has 2 N–H and O–H groups in total. The first kappa shape index (κ1) is 14.6. The van der Waals surface area contributed by atoms with Crippen molar-refractivity contribution in [1.82, 2.24) is 4.90 Å². The first-order chi connectivity index (χ1) is 9.65. The van der Waals surface area contributed by atoms with Gasteiger partial charge in [-0.1, -0.05) is 31.4 Å². The number of nitrogens with two attached hydrogens (primary N) is 1. The zero-order valence-electron chi connectivity index (χ0n) is 12.2. The van der Waals surface area contributed by atoms with Gasteiger partial charge in [0.2, 0.25) is 5.91 Å². The number of hydrogen-bond donors (Lipinski definition) is 1. The average molecular weight is 272 g/mol. The standard InChI is InChI=1S/C17H24N2O/c1-19(13-15-6-3-2-4-7-15)17(20)11-10-14-8-5-9-16(18)12-14/h5,8-12,15H,2-4,6-7,13,18H2,1H3/b11-10+. The molecule has 1 aliphatic carbocycles. The molecular formula is C17H24N2O. The van der Waals surface area contributed by atoms with E-state index in [1.807, 2.05) is 42.3 Å². The number of carbonyl (C=O) groups excluding carboxylic acids is 1.